The van der Waals surface area contributed by atoms with Crippen molar-refractivity contribution in [2.45, 2.75) is 5.37 Å². The maximum atomic E-state index is 10.5. The molecule has 0 aromatic carbocycles. The molecule has 0 N–H and O–H groups in total. The SMILES string of the molecule is O=C1C=CSC1[N+](=O)[O-]. The van der Waals surface area contributed by atoms with E-state index in [2.05, 4.69) is 0 Å². The van der Waals surface area contributed by atoms with Crippen molar-refractivity contribution < 1.29 is 9.72 Å². The Bertz CT molecular complexity index is 188. The molecule has 0 bridgehead atoms. The number of carbonyl (C=O) groups excluding carboxylic acids is 1. The molecule has 1 rings (SSSR count). The Morgan fingerprint density at radius 1 is 1.78 bits per heavy atom. The van der Waals surface area contributed by atoms with Gasteiger partial charge >= 0.3 is 5.37 Å². The Kier molecular flexibility index (Phi) is 1.52. The number of hydrogen-bond acceptors (Lipinski definition) is 4. The summed E-state index contributed by atoms with van der Waals surface area (Å²) < 4.78 is 0. The molecular formula is C4H3NO3S. The molecule has 4 nitrogen and oxygen atoms in total. The fourth-order valence-corrected chi connectivity index (χ4v) is 1.16. The van der Waals surface area contributed by atoms with Gasteiger partial charge in [-0.3, -0.25) is 14.9 Å². The second-order valence-corrected chi connectivity index (χ2v) is 2.47. The summed E-state index contributed by atoms with van der Waals surface area (Å²) in [5.41, 5.74) is 0. The van der Waals surface area contributed by atoms with Crippen LogP contribution in [0.3, 0.4) is 0 Å². The van der Waals surface area contributed by atoms with Gasteiger partial charge in [0.05, 0.1) is 0 Å². The standard InChI is InChI=1S/C4H3NO3S/c6-3-1-2-9-4(3)5(7)8/h1-2,4H. The van der Waals surface area contributed by atoms with Gasteiger partial charge in [-0.15, -0.1) is 0 Å². The highest BCUT2D eigenvalue weighted by Crippen LogP contribution is 2.20. The van der Waals surface area contributed by atoms with Crippen molar-refractivity contribution in [1.82, 2.24) is 0 Å². The Hall–Kier alpha value is -0.840. The van der Waals surface area contributed by atoms with Crippen molar-refractivity contribution in [2.75, 3.05) is 0 Å². The first-order valence-electron chi connectivity index (χ1n) is 2.21. The number of carbonyl (C=O) groups is 1. The van der Waals surface area contributed by atoms with E-state index in [1.54, 1.807) is 0 Å². The lowest BCUT2D eigenvalue weighted by Gasteiger charge is -1.93. The molecule has 0 aromatic heterocycles. The van der Waals surface area contributed by atoms with Crippen LogP contribution < -0.4 is 0 Å². The quantitative estimate of drug-likeness (QED) is 0.396. The van der Waals surface area contributed by atoms with E-state index in [4.69, 9.17) is 0 Å². The molecule has 0 radical (unpaired) electrons. The van der Waals surface area contributed by atoms with Crippen LogP contribution in [0.1, 0.15) is 0 Å². The van der Waals surface area contributed by atoms with Crippen molar-refractivity contribution in [3.63, 3.8) is 0 Å². The highest BCUT2D eigenvalue weighted by Gasteiger charge is 2.30. The van der Waals surface area contributed by atoms with Gasteiger partial charge < -0.3 is 0 Å². The van der Waals surface area contributed by atoms with E-state index < -0.39 is 16.1 Å². The normalized spacial score (nSPS) is 24.9. The zero-order valence-electron chi connectivity index (χ0n) is 4.31. The van der Waals surface area contributed by atoms with Crippen LogP contribution in [0.4, 0.5) is 0 Å². The number of nitro groups is 1. The lowest BCUT2D eigenvalue weighted by atomic mass is 10.4. The van der Waals surface area contributed by atoms with Gasteiger partial charge in [0.25, 0.3) is 0 Å². The Morgan fingerprint density at radius 2 is 2.44 bits per heavy atom. The summed E-state index contributed by atoms with van der Waals surface area (Å²) in [5.74, 6) is -0.426. The molecule has 0 saturated carbocycles. The minimum absolute atomic E-state index is 0.426. The van der Waals surface area contributed by atoms with E-state index in [0.717, 1.165) is 11.8 Å². The van der Waals surface area contributed by atoms with Gasteiger partial charge in [-0.1, -0.05) is 0 Å². The number of thioether (sulfide) groups is 1. The van der Waals surface area contributed by atoms with Gasteiger partial charge in [0.15, 0.2) is 0 Å². The van der Waals surface area contributed by atoms with Crippen molar-refractivity contribution in [3.05, 3.63) is 21.6 Å². The summed E-state index contributed by atoms with van der Waals surface area (Å²) in [6.45, 7) is 0. The fourth-order valence-electron chi connectivity index (χ4n) is 0.484. The third-order valence-corrected chi connectivity index (χ3v) is 1.83. The Balaban J connectivity index is 2.66. The van der Waals surface area contributed by atoms with Crippen LogP contribution >= 0.6 is 11.8 Å². The number of ketones is 1. The highest BCUT2D eigenvalue weighted by molar-refractivity contribution is 8.03. The Morgan fingerprint density at radius 3 is 2.67 bits per heavy atom. The predicted octanol–water partition coefficient (Wildman–Crippen LogP) is 0.419. The van der Waals surface area contributed by atoms with Crippen molar-refractivity contribution >= 4 is 17.5 Å². The molecule has 1 heterocycles. The van der Waals surface area contributed by atoms with E-state index in [9.17, 15) is 14.9 Å². The lowest BCUT2D eigenvalue weighted by Crippen LogP contribution is -2.20. The average Bonchev–Trinajstić information content (AvgIpc) is 2.13. The van der Waals surface area contributed by atoms with E-state index in [1.165, 1.54) is 11.5 Å². The molecule has 1 aliphatic rings. The topological polar surface area (TPSA) is 60.2 Å². The first-order valence-corrected chi connectivity index (χ1v) is 3.15. The molecular weight excluding hydrogens is 142 g/mol. The van der Waals surface area contributed by atoms with Gasteiger partial charge in [-0.05, 0) is 23.2 Å². The molecule has 0 saturated heterocycles. The monoisotopic (exact) mass is 145 g/mol. The molecule has 0 spiro atoms. The molecule has 5 heteroatoms. The van der Waals surface area contributed by atoms with Crippen LogP contribution in [0.15, 0.2) is 11.5 Å². The first-order chi connectivity index (χ1) is 4.22. The van der Waals surface area contributed by atoms with Crippen LogP contribution in [-0.2, 0) is 4.79 Å². The van der Waals surface area contributed by atoms with Crippen LogP contribution in [0.25, 0.3) is 0 Å². The first kappa shape index (κ1) is 6.28. The summed E-state index contributed by atoms with van der Waals surface area (Å²) in [4.78, 5) is 19.8. The van der Waals surface area contributed by atoms with Crippen molar-refractivity contribution in [1.29, 1.82) is 0 Å². The maximum absolute atomic E-state index is 10.5. The van der Waals surface area contributed by atoms with Crippen LogP contribution in [0.5, 0.6) is 0 Å². The summed E-state index contributed by atoms with van der Waals surface area (Å²) in [5, 5.41) is 10.3. The van der Waals surface area contributed by atoms with Crippen molar-refractivity contribution in [2.24, 2.45) is 0 Å². The molecule has 0 aromatic rings. The van der Waals surface area contributed by atoms with E-state index in [0.29, 0.717) is 0 Å². The largest absolute Gasteiger partial charge is 0.323 e. The number of hydrogen-bond donors (Lipinski definition) is 0. The third kappa shape index (κ3) is 1.10. The second kappa shape index (κ2) is 2.18. The molecule has 1 aliphatic heterocycles. The Labute approximate surface area is 55.1 Å². The lowest BCUT2D eigenvalue weighted by molar-refractivity contribution is -0.480. The molecule has 1 atom stereocenters. The molecule has 0 aliphatic carbocycles. The summed E-state index contributed by atoms with van der Waals surface area (Å²) in [7, 11) is 0. The maximum Gasteiger partial charge on any atom is 0.323 e. The van der Waals surface area contributed by atoms with Crippen LogP contribution in [0, 0.1) is 10.1 Å². The van der Waals surface area contributed by atoms with Crippen LogP contribution in [-0.4, -0.2) is 16.1 Å². The number of nitrogens with zero attached hydrogens (tertiary/aromatic N) is 1. The van der Waals surface area contributed by atoms with Gasteiger partial charge in [-0.2, -0.15) is 0 Å². The van der Waals surface area contributed by atoms with E-state index in [-0.39, 0.29) is 0 Å². The summed E-state index contributed by atoms with van der Waals surface area (Å²) in [6.07, 6.45) is 1.22. The predicted molar refractivity (Wildman–Crippen MR) is 32.5 cm³/mol. The van der Waals surface area contributed by atoms with E-state index in [1.807, 2.05) is 0 Å². The molecule has 0 amide bonds. The number of rotatable bonds is 1. The molecule has 48 valence electrons. The van der Waals surface area contributed by atoms with Crippen LogP contribution in [0.2, 0.25) is 0 Å². The van der Waals surface area contributed by atoms with Gasteiger partial charge in [0, 0.05) is 4.92 Å². The van der Waals surface area contributed by atoms with E-state index >= 15 is 0 Å². The average molecular weight is 145 g/mol. The summed E-state index contributed by atoms with van der Waals surface area (Å²) >= 11 is 0.929. The molecule has 9 heavy (non-hydrogen) atoms. The van der Waals surface area contributed by atoms with Crippen molar-refractivity contribution in [3.8, 4) is 0 Å². The molecule has 0 fully saturated rings. The zero-order valence-corrected chi connectivity index (χ0v) is 5.13. The fraction of sp³-hybridized carbons (Fsp3) is 0.250. The second-order valence-electron chi connectivity index (χ2n) is 1.48. The highest BCUT2D eigenvalue weighted by atomic mass is 32.2. The minimum atomic E-state index is -1.08. The summed E-state index contributed by atoms with van der Waals surface area (Å²) in [6, 6.07) is 0. The van der Waals surface area contributed by atoms with Gasteiger partial charge in [0.1, 0.15) is 0 Å². The third-order valence-electron chi connectivity index (χ3n) is 0.875. The zero-order chi connectivity index (χ0) is 6.85. The smallest absolute Gasteiger partial charge is 0.286 e. The minimum Gasteiger partial charge on any atom is -0.286 e. The van der Waals surface area contributed by atoms with Gasteiger partial charge in [-0.25, -0.2) is 0 Å². The molecule has 1 unspecified atom stereocenters. The van der Waals surface area contributed by atoms with Gasteiger partial charge in [0.2, 0.25) is 5.78 Å².